The lowest BCUT2D eigenvalue weighted by atomic mass is 10.0. The van der Waals surface area contributed by atoms with Gasteiger partial charge in [0.25, 0.3) is 0 Å². The third-order valence-electron chi connectivity index (χ3n) is 3.05. The second-order valence-corrected chi connectivity index (χ2v) is 4.51. The number of carboxylic acids is 1. The van der Waals surface area contributed by atoms with Crippen LogP contribution in [0.5, 0.6) is 0 Å². The molecule has 3 heteroatoms. The molecule has 2 N–H and O–H groups in total. The molecule has 1 aromatic rings. The fraction of sp³-hybridized carbons (Fsp3) is 0.278. The van der Waals surface area contributed by atoms with Crippen molar-refractivity contribution >= 4 is 5.97 Å². The second kappa shape index (κ2) is 8.80. The number of benzene rings is 1. The van der Waals surface area contributed by atoms with Gasteiger partial charge < -0.3 is 10.2 Å². The topological polar surface area (TPSA) is 57.5 Å². The number of aliphatic hydroxyl groups excluding tert-OH is 1. The molecule has 0 fully saturated rings. The maximum absolute atomic E-state index is 10.7. The van der Waals surface area contributed by atoms with Crippen LogP contribution in [0, 0.1) is 0 Å². The van der Waals surface area contributed by atoms with Crippen molar-refractivity contribution < 1.29 is 15.0 Å². The third kappa shape index (κ3) is 5.69. The number of carbonyl (C=O) groups is 1. The molecule has 0 spiro atoms. The highest BCUT2D eigenvalue weighted by Gasteiger charge is 2.02. The van der Waals surface area contributed by atoms with E-state index in [1.807, 2.05) is 38.1 Å². The lowest BCUT2D eigenvalue weighted by molar-refractivity contribution is 0.0697. The zero-order chi connectivity index (χ0) is 15.7. The Morgan fingerprint density at radius 3 is 2.33 bits per heavy atom. The van der Waals surface area contributed by atoms with Crippen LogP contribution in [0.3, 0.4) is 0 Å². The summed E-state index contributed by atoms with van der Waals surface area (Å²) >= 11 is 0. The quantitative estimate of drug-likeness (QED) is 0.845. The molecule has 0 heterocycles. The van der Waals surface area contributed by atoms with Gasteiger partial charge in [0.05, 0.1) is 11.3 Å². The largest absolute Gasteiger partial charge is 0.512 e. The molecule has 1 aliphatic rings. The fourth-order valence-corrected chi connectivity index (χ4v) is 1.91. The molecule has 0 saturated carbocycles. The van der Waals surface area contributed by atoms with E-state index in [1.165, 1.54) is 5.57 Å². The maximum atomic E-state index is 10.7. The second-order valence-electron chi connectivity index (χ2n) is 4.51. The minimum atomic E-state index is -0.902. The number of hydrogen-bond acceptors (Lipinski definition) is 2. The molecular formula is C18H22O3. The van der Waals surface area contributed by atoms with E-state index in [0.717, 1.165) is 18.4 Å². The summed E-state index contributed by atoms with van der Waals surface area (Å²) in [5.74, 6) is -0.470. The van der Waals surface area contributed by atoms with Crippen molar-refractivity contribution in [3.8, 4) is 0 Å². The van der Waals surface area contributed by atoms with Gasteiger partial charge in [-0.15, -0.1) is 0 Å². The van der Waals surface area contributed by atoms with E-state index in [0.29, 0.717) is 17.7 Å². The van der Waals surface area contributed by atoms with Gasteiger partial charge >= 0.3 is 5.97 Å². The number of allylic oxidation sites excluding steroid dienone is 6. The Morgan fingerprint density at radius 2 is 1.81 bits per heavy atom. The lowest BCUT2D eigenvalue weighted by Gasteiger charge is -2.06. The SMILES string of the molecule is CC.O=C(O)c1ccc(C/C=C/C2=CC=C(O)CC2)cc1. The van der Waals surface area contributed by atoms with E-state index in [2.05, 4.69) is 6.08 Å². The van der Waals surface area contributed by atoms with Crippen LogP contribution in [-0.2, 0) is 6.42 Å². The van der Waals surface area contributed by atoms with Crippen LogP contribution in [-0.4, -0.2) is 16.2 Å². The van der Waals surface area contributed by atoms with E-state index in [4.69, 9.17) is 5.11 Å². The molecule has 0 amide bonds. The van der Waals surface area contributed by atoms with Gasteiger partial charge in [-0.1, -0.05) is 44.2 Å². The van der Waals surface area contributed by atoms with Crippen LogP contribution in [0.25, 0.3) is 0 Å². The molecule has 0 unspecified atom stereocenters. The first-order valence-corrected chi connectivity index (χ1v) is 7.22. The van der Waals surface area contributed by atoms with E-state index >= 15 is 0 Å². The molecule has 21 heavy (non-hydrogen) atoms. The lowest BCUT2D eigenvalue weighted by Crippen LogP contribution is -1.95. The standard InChI is InChI=1S/C16H16O3.C2H6/c17-15-10-6-13(7-11-15)3-1-2-12-4-8-14(9-5-12)16(18)19;1-2/h1,3-6,8-10,17H,2,7,11H2,(H,18,19);1-2H3/b3-1+;. The summed E-state index contributed by atoms with van der Waals surface area (Å²) in [5, 5.41) is 18.0. The number of carboxylic acid groups (broad SMARTS) is 1. The minimum Gasteiger partial charge on any atom is -0.512 e. The summed E-state index contributed by atoms with van der Waals surface area (Å²) in [5.41, 5.74) is 2.58. The van der Waals surface area contributed by atoms with E-state index in [9.17, 15) is 9.90 Å². The van der Waals surface area contributed by atoms with Crippen LogP contribution >= 0.6 is 0 Å². The zero-order valence-electron chi connectivity index (χ0n) is 12.5. The molecule has 1 aliphatic carbocycles. The summed E-state index contributed by atoms with van der Waals surface area (Å²) in [6, 6.07) is 6.89. The summed E-state index contributed by atoms with van der Waals surface area (Å²) in [4.78, 5) is 10.7. The third-order valence-corrected chi connectivity index (χ3v) is 3.05. The summed E-state index contributed by atoms with van der Waals surface area (Å²) in [6.07, 6.45) is 10.1. The molecule has 0 atom stereocenters. The number of aromatic carboxylic acids is 1. The minimum absolute atomic E-state index is 0.309. The van der Waals surface area contributed by atoms with Crippen LogP contribution in [0.1, 0.15) is 42.6 Å². The maximum Gasteiger partial charge on any atom is 0.335 e. The van der Waals surface area contributed by atoms with Crippen LogP contribution < -0.4 is 0 Å². The van der Waals surface area contributed by atoms with Gasteiger partial charge in [0, 0.05) is 6.42 Å². The Labute approximate surface area is 125 Å². The van der Waals surface area contributed by atoms with Crippen molar-refractivity contribution in [3.05, 3.63) is 71.0 Å². The van der Waals surface area contributed by atoms with Gasteiger partial charge in [0.2, 0.25) is 0 Å². The van der Waals surface area contributed by atoms with Gasteiger partial charge in [-0.25, -0.2) is 4.79 Å². The van der Waals surface area contributed by atoms with E-state index < -0.39 is 5.97 Å². The molecule has 112 valence electrons. The summed E-state index contributed by atoms with van der Waals surface area (Å²) in [7, 11) is 0. The predicted molar refractivity (Wildman–Crippen MR) is 85.6 cm³/mol. The van der Waals surface area contributed by atoms with E-state index in [1.54, 1.807) is 18.2 Å². The first kappa shape index (κ1) is 16.8. The van der Waals surface area contributed by atoms with Gasteiger partial charge in [-0.3, -0.25) is 0 Å². The van der Waals surface area contributed by atoms with Crippen molar-refractivity contribution in [1.29, 1.82) is 0 Å². The molecule has 0 aliphatic heterocycles. The van der Waals surface area contributed by atoms with Crippen molar-refractivity contribution in [2.24, 2.45) is 0 Å². The Kier molecular flexibility index (Phi) is 7.02. The first-order valence-electron chi connectivity index (χ1n) is 7.22. The molecule has 0 saturated heterocycles. The molecule has 3 nitrogen and oxygen atoms in total. The average molecular weight is 286 g/mol. The van der Waals surface area contributed by atoms with Crippen LogP contribution in [0.2, 0.25) is 0 Å². The molecule has 2 rings (SSSR count). The molecule has 1 aromatic carbocycles. The summed E-state index contributed by atoms with van der Waals surface area (Å²) in [6.45, 7) is 4.00. The monoisotopic (exact) mass is 286 g/mol. The highest BCUT2D eigenvalue weighted by Crippen LogP contribution is 2.17. The fourth-order valence-electron chi connectivity index (χ4n) is 1.91. The van der Waals surface area contributed by atoms with E-state index in [-0.39, 0.29) is 0 Å². The van der Waals surface area contributed by atoms with Crippen molar-refractivity contribution in [3.63, 3.8) is 0 Å². The molecular weight excluding hydrogens is 264 g/mol. The van der Waals surface area contributed by atoms with Gasteiger partial charge in [0.15, 0.2) is 0 Å². The van der Waals surface area contributed by atoms with Crippen molar-refractivity contribution in [2.75, 3.05) is 0 Å². The number of hydrogen-bond donors (Lipinski definition) is 2. The average Bonchev–Trinajstić information content (AvgIpc) is 2.52. The van der Waals surface area contributed by atoms with Gasteiger partial charge in [-0.05, 0) is 42.2 Å². The van der Waals surface area contributed by atoms with Gasteiger partial charge in [-0.2, -0.15) is 0 Å². The number of aliphatic hydroxyl groups is 1. The van der Waals surface area contributed by atoms with Gasteiger partial charge in [0.1, 0.15) is 0 Å². The Balaban J connectivity index is 0.00000106. The summed E-state index contributed by atoms with van der Waals surface area (Å²) < 4.78 is 0. The van der Waals surface area contributed by atoms with Crippen molar-refractivity contribution in [1.82, 2.24) is 0 Å². The molecule has 0 radical (unpaired) electrons. The first-order chi connectivity index (χ1) is 10.1. The smallest absolute Gasteiger partial charge is 0.335 e. The predicted octanol–water partition coefficient (Wildman–Crippen LogP) is 4.67. The highest BCUT2D eigenvalue weighted by molar-refractivity contribution is 5.87. The van der Waals surface area contributed by atoms with Crippen molar-refractivity contribution in [2.45, 2.75) is 33.1 Å². The Bertz CT molecular complexity index is 548. The Hall–Kier alpha value is -2.29. The Morgan fingerprint density at radius 1 is 1.14 bits per heavy atom. The molecule has 0 aromatic heterocycles. The molecule has 0 bridgehead atoms. The highest BCUT2D eigenvalue weighted by atomic mass is 16.4. The zero-order valence-corrected chi connectivity index (χ0v) is 12.5. The number of rotatable bonds is 4. The van der Waals surface area contributed by atoms with Crippen LogP contribution in [0.15, 0.2) is 59.9 Å². The normalized spacial score (nSPS) is 14.0. The van der Waals surface area contributed by atoms with Crippen LogP contribution in [0.4, 0.5) is 0 Å².